The number of H-pyrrole nitrogens is 1. The summed E-state index contributed by atoms with van der Waals surface area (Å²) in [5.41, 5.74) is 3.03. The predicted molar refractivity (Wildman–Crippen MR) is 78.0 cm³/mol. The van der Waals surface area contributed by atoms with Crippen LogP contribution in [0.15, 0.2) is 42.6 Å². The van der Waals surface area contributed by atoms with Crippen LogP contribution in [0, 0.1) is 0 Å². The summed E-state index contributed by atoms with van der Waals surface area (Å²) in [7, 11) is 0. The van der Waals surface area contributed by atoms with Gasteiger partial charge in [0.25, 0.3) is 0 Å². The number of benzene rings is 1. The minimum atomic E-state index is 0.00956. The van der Waals surface area contributed by atoms with Crippen LogP contribution >= 0.6 is 0 Å². The van der Waals surface area contributed by atoms with Crippen LogP contribution in [-0.2, 0) is 5.41 Å². The standard InChI is InChI=1S/C16H17N3/c1-16(2,3)15-12-7-5-4-6-11(12)10-14(18-15)13-8-9-17-19-13/h4-10H,1-3H3,(H,17,19). The molecule has 0 fully saturated rings. The Hall–Kier alpha value is -2.16. The van der Waals surface area contributed by atoms with E-state index in [-0.39, 0.29) is 5.41 Å². The summed E-state index contributed by atoms with van der Waals surface area (Å²) < 4.78 is 0. The van der Waals surface area contributed by atoms with Crippen LogP contribution in [0.25, 0.3) is 22.2 Å². The van der Waals surface area contributed by atoms with Gasteiger partial charge in [-0.15, -0.1) is 0 Å². The Bertz CT molecular complexity index is 706. The van der Waals surface area contributed by atoms with E-state index in [1.165, 1.54) is 10.8 Å². The molecule has 0 atom stereocenters. The van der Waals surface area contributed by atoms with Crippen LogP contribution in [-0.4, -0.2) is 15.2 Å². The zero-order valence-corrected chi connectivity index (χ0v) is 11.4. The van der Waals surface area contributed by atoms with E-state index in [0.717, 1.165) is 17.1 Å². The summed E-state index contributed by atoms with van der Waals surface area (Å²) >= 11 is 0. The van der Waals surface area contributed by atoms with Crippen LogP contribution in [0.2, 0.25) is 0 Å². The number of aromatic amines is 1. The fourth-order valence-corrected chi connectivity index (χ4v) is 2.31. The lowest BCUT2D eigenvalue weighted by Gasteiger charge is -2.21. The Morgan fingerprint density at radius 3 is 2.53 bits per heavy atom. The van der Waals surface area contributed by atoms with Gasteiger partial charge in [-0.2, -0.15) is 5.10 Å². The summed E-state index contributed by atoms with van der Waals surface area (Å²) in [6.07, 6.45) is 1.75. The van der Waals surface area contributed by atoms with Crippen LogP contribution in [0.1, 0.15) is 26.5 Å². The van der Waals surface area contributed by atoms with Crippen molar-refractivity contribution in [1.29, 1.82) is 0 Å². The minimum Gasteiger partial charge on any atom is -0.276 e. The van der Waals surface area contributed by atoms with E-state index in [2.05, 4.69) is 61.3 Å². The van der Waals surface area contributed by atoms with Gasteiger partial charge in [0.05, 0.1) is 17.1 Å². The average molecular weight is 251 g/mol. The molecule has 0 saturated carbocycles. The molecule has 3 rings (SSSR count). The SMILES string of the molecule is CC(C)(C)c1nc(-c2ccn[nH]2)cc2ccccc12. The van der Waals surface area contributed by atoms with Gasteiger partial charge in [0, 0.05) is 17.0 Å². The first-order chi connectivity index (χ1) is 9.05. The molecule has 1 N–H and O–H groups in total. The van der Waals surface area contributed by atoms with Gasteiger partial charge in [0.1, 0.15) is 0 Å². The lowest BCUT2D eigenvalue weighted by molar-refractivity contribution is 0.576. The number of pyridine rings is 1. The molecule has 96 valence electrons. The highest BCUT2D eigenvalue weighted by Crippen LogP contribution is 2.31. The molecule has 0 spiro atoms. The second kappa shape index (κ2) is 4.19. The molecule has 0 amide bonds. The molecule has 0 aliphatic carbocycles. The molecule has 19 heavy (non-hydrogen) atoms. The molecule has 0 aliphatic rings. The monoisotopic (exact) mass is 251 g/mol. The lowest BCUT2D eigenvalue weighted by Crippen LogP contribution is -2.14. The van der Waals surface area contributed by atoms with Crippen molar-refractivity contribution in [2.75, 3.05) is 0 Å². The van der Waals surface area contributed by atoms with Gasteiger partial charge in [-0.1, -0.05) is 45.0 Å². The topological polar surface area (TPSA) is 41.6 Å². The highest BCUT2D eigenvalue weighted by atomic mass is 15.1. The molecular formula is C16H17N3. The third-order valence-electron chi connectivity index (χ3n) is 3.23. The fourth-order valence-electron chi connectivity index (χ4n) is 2.31. The first-order valence-electron chi connectivity index (χ1n) is 6.46. The number of aromatic nitrogens is 3. The van der Waals surface area contributed by atoms with Crippen molar-refractivity contribution >= 4 is 10.8 Å². The van der Waals surface area contributed by atoms with E-state index in [0.29, 0.717) is 0 Å². The van der Waals surface area contributed by atoms with E-state index >= 15 is 0 Å². The van der Waals surface area contributed by atoms with Gasteiger partial charge in [0.15, 0.2) is 0 Å². The van der Waals surface area contributed by atoms with Gasteiger partial charge >= 0.3 is 0 Å². The summed E-state index contributed by atoms with van der Waals surface area (Å²) in [6, 6.07) is 12.5. The first-order valence-corrected chi connectivity index (χ1v) is 6.46. The van der Waals surface area contributed by atoms with Crippen molar-refractivity contribution in [1.82, 2.24) is 15.2 Å². The highest BCUT2D eigenvalue weighted by molar-refractivity contribution is 5.88. The Kier molecular flexibility index (Phi) is 2.63. The third kappa shape index (κ3) is 2.12. The van der Waals surface area contributed by atoms with E-state index in [4.69, 9.17) is 4.98 Å². The van der Waals surface area contributed by atoms with Crippen molar-refractivity contribution in [2.24, 2.45) is 0 Å². The quantitative estimate of drug-likeness (QED) is 0.712. The maximum absolute atomic E-state index is 4.84. The predicted octanol–water partition coefficient (Wildman–Crippen LogP) is 3.92. The molecule has 1 aromatic carbocycles. The van der Waals surface area contributed by atoms with Crippen molar-refractivity contribution in [3.63, 3.8) is 0 Å². The maximum Gasteiger partial charge on any atom is 0.0890 e. The number of hydrogen-bond acceptors (Lipinski definition) is 2. The van der Waals surface area contributed by atoms with Gasteiger partial charge in [0.2, 0.25) is 0 Å². The van der Waals surface area contributed by atoms with Crippen molar-refractivity contribution in [3.05, 3.63) is 48.3 Å². The van der Waals surface area contributed by atoms with Crippen molar-refractivity contribution < 1.29 is 0 Å². The van der Waals surface area contributed by atoms with Crippen LogP contribution in [0.3, 0.4) is 0 Å². The Balaban J connectivity index is 2.33. The molecule has 3 aromatic rings. The molecule has 2 aromatic heterocycles. The molecule has 3 nitrogen and oxygen atoms in total. The molecule has 0 radical (unpaired) electrons. The van der Waals surface area contributed by atoms with E-state index < -0.39 is 0 Å². The van der Waals surface area contributed by atoms with E-state index in [1.807, 2.05) is 6.07 Å². The zero-order valence-electron chi connectivity index (χ0n) is 11.4. The molecule has 2 heterocycles. The Morgan fingerprint density at radius 2 is 1.84 bits per heavy atom. The van der Waals surface area contributed by atoms with Gasteiger partial charge < -0.3 is 0 Å². The highest BCUT2D eigenvalue weighted by Gasteiger charge is 2.20. The number of nitrogens with zero attached hydrogens (tertiary/aromatic N) is 2. The summed E-state index contributed by atoms with van der Waals surface area (Å²) in [4.78, 5) is 4.84. The minimum absolute atomic E-state index is 0.00956. The molecule has 3 heteroatoms. The van der Waals surface area contributed by atoms with E-state index in [1.54, 1.807) is 6.20 Å². The van der Waals surface area contributed by atoms with Crippen LogP contribution in [0.5, 0.6) is 0 Å². The molecular weight excluding hydrogens is 234 g/mol. The number of fused-ring (bicyclic) bond motifs is 1. The van der Waals surface area contributed by atoms with E-state index in [9.17, 15) is 0 Å². The number of hydrogen-bond donors (Lipinski definition) is 1. The normalized spacial score (nSPS) is 11.9. The van der Waals surface area contributed by atoms with Gasteiger partial charge in [-0.3, -0.25) is 5.10 Å². The molecule has 0 bridgehead atoms. The van der Waals surface area contributed by atoms with Crippen LogP contribution < -0.4 is 0 Å². The molecule has 0 unspecified atom stereocenters. The summed E-state index contributed by atoms with van der Waals surface area (Å²) in [5.74, 6) is 0. The largest absolute Gasteiger partial charge is 0.276 e. The third-order valence-corrected chi connectivity index (χ3v) is 3.23. The lowest BCUT2D eigenvalue weighted by atomic mass is 9.88. The first kappa shape index (κ1) is 11.9. The second-order valence-corrected chi connectivity index (χ2v) is 5.80. The van der Waals surface area contributed by atoms with Crippen LogP contribution in [0.4, 0.5) is 0 Å². The van der Waals surface area contributed by atoms with Crippen molar-refractivity contribution in [2.45, 2.75) is 26.2 Å². The number of rotatable bonds is 1. The fraction of sp³-hybridized carbons (Fsp3) is 0.250. The smallest absolute Gasteiger partial charge is 0.0890 e. The van der Waals surface area contributed by atoms with Gasteiger partial charge in [-0.25, -0.2) is 4.98 Å². The van der Waals surface area contributed by atoms with Gasteiger partial charge in [-0.05, 0) is 17.5 Å². The molecule has 0 saturated heterocycles. The Morgan fingerprint density at radius 1 is 1.05 bits per heavy atom. The number of nitrogens with one attached hydrogen (secondary N) is 1. The zero-order chi connectivity index (χ0) is 13.5. The van der Waals surface area contributed by atoms with Crippen molar-refractivity contribution in [3.8, 4) is 11.4 Å². The second-order valence-electron chi connectivity index (χ2n) is 5.80. The average Bonchev–Trinajstić information content (AvgIpc) is 2.90. The Labute approximate surface area is 112 Å². The maximum atomic E-state index is 4.84. The summed E-state index contributed by atoms with van der Waals surface area (Å²) in [5, 5.41) is 9.43. The summed E-state index contributed by atoms with van der Waals surface area (Å²) in [6.45, 7) is 6.58. The molecule has 0 aliphatic heterocycles.